The van der Waals surface area contributed by atoms with Crippen LogP contribution in [0.3, 0.4) is 0 Å². The topological polar surface area (TPSA) is 92.3 Å². The normalized spacial score (nSPS) is 18.4. The number of hydrogen-bond acceptors (Lipinski definition) is 4. The molecule has 2 saturated heterocycles. The molecule has 5 rings (SSSR count). The molecule has 0 aromatic heterocycles. The van der Waals surface area contributed by atoms with Crippen molar-refractivity contribution in [1.29, 1.82) is 0 Å². The molecule has 2 heterocycles. The predicted molar refractivity (Wildman–Crippen MR) is 156 cm³/mol. The maximum absolute atomic E-state index is 13.4. The molecule has 0 bridgehead atoms. The largest absolute Gasteiger partial charge is 1.00 e. The van der Waals surface area contributed by atoms with E-state index in [0.29, 0.717) is 46.5 Å². The third-order valence-electron chi connectivity index (χ3n) is 9.13. The van der Waals surface area contributed by atoms with Crippen molar-refractivity contribution in [3.63, 3.8) is 0 Å². The molecule has 2 amide bonds. The fourth-order valence-electron chi connectivity index (χ4n) is 6.49. The Labute approximate surface area is 283 Å². The first-order valence-electron chi connectivity index (χ1n) is 14.8. The number of piperidine rings is 2. The minimum absolute atomic E-state index is 0. The van der Waals surface area contributed by atoms with Gasteiger partial charge in [0, 0.05) is 33.6 Å². The highest BCUT2D eigenvalue weighted by atomic mass is 127. The van der Waals surface area contributed by atoms with Crippen LogP contribution in [0, 0.1) is 0 Å². The van der Waals surface area contributed by atoms with Crippen LogP contribution in [0.2, 0.25) is 0 Å². The summed E-state index contributed by atoms with van der Waals surface area (Å²) >= 11 is 0. The van der Waals surface area contributed by atoms with E-state index in [1.165, 1.54) is 38.5 Å². The summed E-state index contributed by atoms with van der Waals surface area (Å²) in [6.45, 7) is 5.99. The van der Waals surface area contributed by atoms with Crippen LogP contribution in [0.4, 0.5) is 11.4 Å². The Morgan fingerprint density at radius 1 is 0.595 bits per heavy atom. The average molecular weight is 801 g/mol. The Bertz CT molecular complexity index is 1230. The first kappa shape index (κ1) is 34.6. The summed E-state index contributed by atoms with van der Waals surface area (Å²) in [5.74, 6) is -0.687. The van der Waals surface area contributed by atoms with Crippen LogP contribution >= 0.6 is 0 Å². The molecular weight excluding hydrogens is 758 g/mol. The quantitative estimate of drug-likeness (QED) is 0.212. The lowest BCUT2D eigenvalue weighted by Crippen LogP contribution is -3.00. The second kappa shape index (κ2) is 14.7. The van der Waals surface area contributed by atoms with Gasteiger partial charge in [-0.05, 0) is 74.9 Å². The molecule has 42 heavy (non-hydrogen) atoms. The molecular formula is C32H42I2N4O4. The van der Waals surface area contributed by atoms with Crippen LogP contribution in [0.5, 0.6) is 0 Å². The van der Waals surface area contributed by atoms with Gasteiger partial charge >= 0.3 is 0 Å². The monoisotopic (exact) mass is 800 g/mol. The highest BCUT2D eigenvalue weighted by Gasteiger charge is 2.31. The first-order chi connectivity index (χ1) is 19.1. The predicted octanol–water partition coefficient (Wildman–Crippen LogP) is -1.61. The van der Waals surface area contributed by atoms with Gasteiger partial charge < -0.3 is 67.6 Å². The molecule has 2 aromatic carbocycles. The number of nitrogens with zero attached hydrogens (tertiary/aromatic N) is 2. The number of carbonyl (C=O) groups excluding carboxylic acids is 4. The molecule has 8 nitrogen and oxygen atoms in total. The summed E-state index contributed by atoms with van der Waals surface area (Å²) in [5, 5.41) is 5.83. The number of amides is 2. The number of rotatable bonds is 8. The molecule has 0 saturated carbocycles. The summed E-state index contributed by atoms with van der Waals surface area (Å²) in [4.78, 5) is 52.1. The number of halogens is 2. The van der Waals surface area contributed by atoms with Gasteiger partial charge in [-0.2, -0.15) is 0 Å². The zero-order valence-corrected chi connectivity index (χ0v) is 29.0. The number of ketones is 2. The Morgan fingerprint density at radius 2 is 0.952 bits per heavy atom. The number of benzene rings is 2. The van der Waals surface area contributed by atoms with Crippen LogP contribution < -0.4 is 58.6 Å². The number of carbonyl (C=O) groups is 4. The summed E-state index contributed by atoms with van der Waals surface area (Å²) in [6.07, 6.45) is 8.16. The maximum atomic E-state index is 13.4. The van der Waals surface area contributed by atoms with Gasteiger partial charge in [0.05, 0.1) is 66.2 Å². The maximum Gasteiger partial charge on any atom is 0.230 e. The summed E-state index contributed by atoms with van der Waals surface area (Å²) in [7, 11) is 4.42. The van der Waals surface area contributed by atoms with E-state index in [0.717, 1.165) is 48.2 Å². The lowest BCUT2D eigenvalue weighted by atomic mass is 9.83. The van der Waals surface area contributed by atoms with E-state index in [2.05, 4.69) is 24.7 Å². The first-order valence-corrected chi connectivity index (χ1v) is 14.8. The van der Waals surface area contributed by atoms with Crippen molar-refractivity contribution >= 4 is 34.8 Å². The molecule has 228 valence electrons. The lowest BCUT2D eigenvalue weighted by molar-refractivity contribution is -0.913. The van der Waals surface area contributed by atoms with Gasteiger partial charge in [0.25, 0.3) is 0 Å². The molecule has 3 aliphatic rings. The molecule has 1 aliphatic carbocycles. The number of quaternary nitrogens is 2. The van der Waals surface area contributed by atoms with Crippen LogP contribution in [-0.4, -0.2) is 85.7 Å². The van der Waals surface area contributed by atoms with Crippen LogP contribution in [0.1, 0.15) is 83.2 Å². The summed E-state index contributed by atoms with van der Waals surface area (Å²) in [6, 6.07) is 9.79. The van der Waals surface area contributed by atoms with E-state index in [1.807, 2.05) is 0 Å². The summed E-state index contributed by atoms with van der Waals surface area (Å²) in [5.41, 5.74) is 2.24. The number of hydrogen-bond donors (Lipinski definition) is 2. The Kier molecular flexibility index (Phi) is 12.1. The molecule has 2 fully saturated rings. The van der Waals surface area contributed by atoms with Gasteiger partial charge in [-0.1, -0.05) is 0 Å². The number of anilines is 2. The van der Waals surface area contributed by atoms with E-state index in [1.54, 1.807) is 36.4 Å². The van der Waals surface area contributed by atoms with Crippen LogP contribution in [-0.2, 0) is 9.59 Å². The Morgan fingerprint density at radius 3 is 1.31 bits per heavy atom. The van der Waals surface area contributed by atoms with Crippen molar-refractivity contribution in [2.45, 2.75) is 51.4 Å². The number of fused-ring (bicyclic) bond motifs is 2. The smallest absolute Gasteiger partial charge is 0.230 e. The lowest BCUT2D eigenvalue weighted by Gasteiger charge is -2.37. The Balaban J connectivity index is 0.00000242. The van der Waals surface area contributed by atoms with E-state index in [9.17, 15) is 19.2 Å². The minimum Gasteiger partial charge on any atom is -1.00 e. The van der Waals surface area contributed by atoms with E-state index >= 15 is 0 Å². The van der Waals surface area contributed by atoms with Crippen LogP contribution in [0.25, 0.3) is 0 Å². The zero-order valence-electron chi connectivity index (χ0n) is 24.6. The molecule has 2 N–H and O–H groups in total. The molecule has 10 heteroatoms. The van der Waals surface area contributed by atoms with Gasteiger partial charge in [0.15, 0.2) is 11.6 Å². The van der Waals surface area contributed by atoms with E-state index < -0.39 is 0 Å². The second-order valence-electron chi connectivity index (χ2n) is 12.5. The number of nitrogens with one attached hydrogen (secondary N) is 2. The number of likely N-dealkylation sites (tertiary alicyclic amines) is 2. The molecule has 0 radical (unpaired) electrons. The summed E-state index contributed by atoms with van der Waals surface area (Å²) < 4.78 is 1.84. The van der Waals surface area contributed by atoms with Crippen molar-refractivity contribution in [3.8, 4) is 0 Å². The fraction of sp³-hybridized carbons (Fsp3) is 0.500. The van der Waals surface area contributed by atoms with Crippen LogP contribution in [0.15, 0.2) is 36.4 Å². The highest BCUT2D eigenvalue weighted by molar-refractivity contribution is 6.29. The van der Waals surface area contributed by atoms with Crippen molar-refractivity contribution in [1.82, 2.24) is 0 Å². The molecule has 0 spiro atoms. The van der Waals surface area contributed by atoms with E-state index in [-0.39, 0.29) is 71.3 Å². The van der Waals surface area contributed by atoms with Crippen molar-refractivity contribution < 1.29 is 76.1 Å². The Hall–Kier alpha value is -1.90. The van der Waals surface area contributed by atoms with Gasteiger partial charge in [0.2, 0.25) is 11.8 Å². The van der Waals surface area contributed by atoms with Gasteiger partial charge in [-0.25, -0.2) is 0 Å². The van der Waals surface area contributed by atoms with Crippen molar-refractivity contribution in [2.24, 2.45) is 0 Å². The van der Waals surface area contributed by atoms with Crippen molar-refractivity contribution in [2.75, 3.05) is 64.0 Å². The van der Waals surface area contributed by atoms with E-state index in [4.69, 9.17) is 0 Å². The third-order valence-corrected chi connectivity index (χ3v) is 9.13. The average Bonchev–Trinajstić information content (AvgIpc) is 2.95. The second-order valence-corrected chi connectivity index (χ2v) is 12.5. The zero-order chi connectivity index (χ0) is 28.3. The fourth-order valence-corrected chi connectivity index (χ4v) is 6.49. The SMILES string of the molecule is C[N+]1(CCC(=O)Nc2ccc3c(c2)C(=O)c2ccc(NC(=O)CC[N+]4(C)CCCCC4)cc2C3=O)CCCCC1.[I-].[I-]. The van der Waals surface area contributed by atoms with Crippen molar-refractivity contribution in [3.05, 3.63) is 58.7 Å². The highest BCUT2D eigenvalue weighted by Crippen LogP contribution is 2.31. The standard InChI is InChI=1S/C32H40N4O4.2HI/c1-35(15-5-3-6-16-35)19-13-29(37)33-23-9-11-25-27(21-23)31(39)26-12-10-24(22-28(26)32(25)40)34-30(38)14-20-36(2)17-7-4-8-18-36;;/h9-12,21-22H,3-8,13-20H2,1-2H3;2*1H. The van der Waals surface area contributed by atoms with Gasteiger partial charge in [-0.3, -0.25) is 19.2 Å². The third kappa shape index (κ3) is 8.17. The van der Waals surface area contributed by atoms with Gasteiger partial charge in [0.1, 0.15) is 0 Å². The molecule has 2 aromatic rings. The molecule has 0 unspecified atom stereocenters. The van der Waals surface area contributed by atoms with Gasteiger partial charge in [-0.15, -0.1) is 0 Å². The molecule has 2 aliphatic heterocycles. The molecule has 0 atom stereocenters. The minimum atomic E-state index is -0.257.